The minimum atomic E-state index is -0.441. The Morgan fingerprint density at radius 2 is 1.92 bits per heavy atom. The zero-order valence-corrected chi connectivity index (χ0v) is 15.5. The summed E-state index contributed by atoms with van der Waals surface area (Å²) in [6.07, 6.45) is 1.89. The number of thiophene rings is 1. The number of hydrogen-bond donors (Lipinski definition) is 3. The molecule has 6 heteroatoms. The molecule has 5 nitrogen and oxygen atoms in total. The van der Waals surface area contributed by atoms with E-state index in [-0.39, 0.29) is 18.5 Å². The predicted molar refractivity (Wildman–Crippen MR) is 102 cm³/mol. The number of amides is 3. The third-order valence-corrected chi connectivity index (χ3v) is 4.71. The second-order valence-corrected chi connectivity index (χ2v) is 6.88. The van der Waals surface area contributed by atoms with Crippen LogP contribution in [0.25, 0.3) is 0 Å². The molecule has 0 unspecified atom stereocenters. The van der Waals surface area contributed by atoms with E-state index >= 15 is 0 Å². The van der Waals surface area contributed by atoms with E-state index in [1.54, 1.807) is 11.3 Å². The lowest BCUT2D eigenvalue weighted by atomic mass is 10.0. The van der Waals surface area contributed by atoms with Gasteiger partial charge < -0.3 is 5.32 Å². The van der Waals surface area contributed by atoms with E-state index in [1.165, 1.54) is 5.56 Å². The average Bonchev–Trinajstić information content (AvgIpc) is 3.11. The van der Waals surface area contributed by atoms with Gasteiger partial charge in [-0.2, -0.15) is 0 Å². The molecule has 0 radical (unpaired) electrons. The zero-order chi connectivity index (χ0) is 18.1. The summed E-state index contributed by atoms with van der Waals surface area (Å²) in [5, 5.41) is 10.3. The van der Waals surface area contributed by atoms with Crippen molar-refractivity contribution >= 4 is 23.3 Å². The molecule has 2 rings (SSSR count). The molecular weight excluding hydrogens is 334 g/mol. The van der Waals surface area contributed by atoms with Crippen LogP contribution < -0.4 is 16.0 Å². The smallest absolute Gasteiger partial charge is 0.321 e. The van der Waals surface area contributed by atoms with Gasteiger partial charge in [0.25, 0.3) is 0 Å². The molecule has 0 aliphatic rings. The number of urea groups is 1. The maximum atomic E-state index is 12.0. The van der Waals surface area contributed by atoms with Gasteiger partial charge in [0.15, 0.2) is 0 Å². The average molecular weight is 359 g/mol. The Kier molecular flexibility index (Phi) is 7.63. The Bertz CT molecular complexity index is 668. The second-order valence-electron chi connectivity index (χ2n) is 5.90. The van der Waals surface area contributed by atoms with Gasteiger partial charge in [-0.1, -0.05) is 49.2 Å². The number of imide groups is 1. The molecule has 1 atom stereocenters. The van der Waals surface area contributed by atoms with Gasteiger partial charge in [-0.15, -0.1) is 11.3 Å². The molecule has 0 saturated carbocycles. The van der Waals surface area contributed by atoms with Gasteiger partial charge in [0.2, 0.25) is 5.91 Å². The summed E-state index contributed by atoms with van der Waals surface area (Å²) in [5.41, 5.74) is 2.28. The fourth-order valence-electron chi connectivity index (χ4n) is 2.39. The van der Waals surface area contributed by atoms with Crippen LogP contribution in [0.4, 0.5) is 4.79 Å². The van der Waals surface area contributed by atoms with Crippen molar-refractivity contribution in [2.75, 3.05) is 13.1 Å². The van der Waals surface area contributed by atoms with Crippen LogP contribution in [-0.2, 0) is 4.79 Å². The number of carbonyl (C=O) groups excluding carboxylic acids is 2. The van der Waals surface area contributed by atoms with Crippen molar-refractivity contribution in [2.24, 2.45) is 0 Å². The van der Waals surface area contributed by atoms with Crippen molar-refractivity contribution in [1.82, 2.24) is 16.0 Å². The van der Waals surface area contributed by atoms with Gasteiger partial charge in [-0.05, 0) is 30.4 Å². The van der Waals surface area contributed by atoms with Gasteiger partial charge in [-0.3, -0.25) is 15.4 Å². The summed E-state index contributed by atoms with van der Waals surface area (Å²) in [7, 11) is 0. The molecule has 1 heterocycles. The molecule has 0 bridgehead atoms. The number of unbranched alkanes of at least 4 members (excludes halogenated alkanes) is 1. The predicted octanol–water partition coefficient (Wildman–Crippen LogP) is 3.36. The van der Waals surface area contributed by atoms with E-state index in [4.69, 9.17) is 0 Å². The number of hydrogen-bond acceptors (Lipinski definition) is 4. The Morgan fingerprint density at radius 3 is 2.56 bits per heavy atom. The van der Waals surface area contributed by atoms with E-state index in [1.807, 2.05) is 31.4 Å². The molecule has 1 aromatic heterocycles. The van der Waals surface area contributed by atoms with E-state index < -0.39 is 6.03 Å². The van der Waals surface area contributed by atoms with E-state index in [9.17, 15) is 9.59 Å². The highest BCUT2D eigenvalue weighted by Crippen LogP contribution is 2.26. The lowest BCUT2D eigenvalue weighted by Gasteiger charge is -2.18. The van der Waals surface area contributed by atoms with E-state index in [0.29, 0.717) is 6.54 Å². The fourth-order valence-corrected chi connectivity index (χ4v) is 3.21. The molecule has 0 aliphatic carbocycles. The van der Waals surface area contributed by atoms with Crippen molar-refractivity contribution in [3.8, 4) is 0 Å². The molecule has 0 fully saturated rings. The normalized spacial score (nSPS) is 11.8. The SMILES string of the molecule is CCCCNC(=O)NC(=O)CN[C@H](c1ccc(C)cc1)c1cccs1. The fraction of sp³-hybridized carbons (Fsp3) is 0.368. The van der Waals surface area contributed by atoms with Crippen molar-refractivity contribution in [1.29, 1.82) is 0 Å². The maximum absolute atomic E-state index is 12.0. The Morgan fingerprint density at radius 1 is 1.16 bits per heavy atom. The number of benzene rings is 1. The monoisotopic (exact) mass is 359 g/mol. The van der Waals surface area contributed by atoms with Crippen LogP contribution >= 0.6 is 11.3 Å². The van der Waals surface area contributed by atoms with Crippen LogP contribution in [0, 0.1) is 6.92 Å². The lowest BCUT2D eigenvalue weighted by Crippen LogP contribution is -2.44. The first kappa shape index (κ1) is 19.1. The Balaban J connectivity index is 1.93. The topological polar surface area (TPSA) is 70.2 Å². The van der Waals surface area contributed by atoms with E-state index in [0.717, 1.165) is 23.3 Å². The number of nitrogens with one attached hydrogen (secondary N) is 3. The minimum Gasteiger partial charge on any atom is -0.338 e. The summed E-state index contributed by atoms with van der Waals surface area (Å²) < 4.78 is 0. The lowest BCUT2D eigenvalue weighted by molar-refractivity contribution is -0.119. The largest absolute Gasteiger partial charge is 0.338 e. The van der Waals surface area contributed by atoms with Gasteiger partial charge in [0, 0.05) is 11.4 Å². The molecule has 25 heavy (non-hydrogen) atoms. The first-order chi connectivity index (χ1) is 12.1. The Labute approximate surface area is 152 Å². The van der Waals surface area contributed by atoms with Gasteiger partial charge >= 0.3 is 6.03 Å². The highest BCUT2D eigenvalue weighted by Gasteiger charge is 2.16. The highest BCUT2D eigenvalue weighted by atomic mass is 32.1. The molecule has 134 valence electrons. The third-order valence-electron chi connectivity index (χ3n) is 3.77. The van der Waals surface area contributed by atoms with Crippen molar-refractivity contribution in [2.45, 2.75) is 32.7 Å². The van der Waals surface area contributed by atoms with Crippen LogP contribution in [0.15, 0.2) is 41.8 Å². The van der Waals surface area contributed by atoms with Gasteiger partial charge in [-0.25, -0.2) is 4.79 Å². The van der Waals surface area contributed by atoms with Gasteiger partial charge in [0.1, 0.15) is 0 Å². The van der Waals surface area contributed by atoms with E-state index in [2.05, 4.69) is 40.2 Å². The van der Waals surface area contributed by atoms with Crippen LogP contribution in [0.3, 0.4) is 0 Å². The van der Waals surface area contributed by atoms with Crippen LogP contribution in [-0.4, -0.2) is 25.0 Å². The Hall–Kier alpha value is -2.18. The minimum absolute atomic E-state index is 0.0671. The number of carbonyl (C=O) groups is 2. The number of rotatable bonds is 8. The molecule has 2 aromatic rings. The quantitative estimate of drug-likeness (QED) is 0.633. The molecule has 0 aliphatic heterocycles. The summed E-state index contributed by atoms with van der Waals surface area (Å²) in [5.74, 6) is -0.345. The number of aryl methyl sites for hydroxylation is 1. The first-order valence-electron chi connectivity index (χ1n) is 8.51. The van der Waals surface area contributed by atoms with Crippen LogP contribution in [0.2, 0.25) is 0 Å². The summed E-state index contributed by atoms with van der Waals surface area (Å²) in [6.45, 7) is 4.73. The molecule has 1 aromatic carbocycles. The standard InChI is InChI=1S/C19H25N3O2S/c1-3-4-11-20-19(24)22-17(23)13-21-18(16-6-5-12-25-16)15-9-7-14(2)8-10-15/h5-10,12,18,21H,3-4,11,13H2,1-2H3,(H2,20,22,23,24)/t18-/m1/s1. The molecule has 0 spiro atoms. The van der Waals surface area contributed by atoms with Crippen molar-refractivity contribution < 1.29 is 9.59 Å². The van der Waals surface area contributed by atoms with Gasteiger partial charge in [0.05, 0.1) is 12.6 Å². The van der Waals surface area contributed by atoms with Crippen LogP contribution in [0.1, 0.15) is 41.8 Å². The van der Waals surface area contributed by atoms with Crippen LogP contribution in [0.5, 0.6) is 0 Å². The molecule has 0 saturated heterocycles. The summed E-state index contributed by atoms with van der Waals surface area (Å²) in [4.78, 5) is 24.8. The zero-order valence-electron chi connectivity index (χ0n) is 14.7. The maximum Gasteiger partial charge on any atom is 0.321 e. The molecular formula is C19H25N3O2S. The van der Waals surface area contributed by atoms with Crippen molar-refractivity contribution in [3.05, 3.63) is 57.8 Å². The highest BCUT2D eigenvalue weighted by molar-refractivity contribution is 7.10. The summed E-state index contributed by atoms with van der Waals surface area (Å²) >= 11 is 1.64. The molecule has 3 N–H and O–H groups in total. The molecule has 3 amide bonds. The second kappa shape index (κ2) is 9.96. The summed E-state index contributed by atoms with van der Waals surface area (Å²) in [6, 6.07) is 11.7. The first-order valence-corrected chi connectivity index (χ1v) is 9.39. The van der Waals surface area contributed by atoms with Crippen molar-refractivity contribution in [3.63, 3.8) is 0 Å². The third kappa shape index (κ3) is 6.32.